The molecular formula is C14H19ClN2O. The molecule has 0 aromatic carbocycles. The quantitative estimate of drug-likeness (QED) is 0.835. The van der Waals surface area contributed by atoms with E-state index in [0.29, 0.717) is 22.7 Å². The van der Waals surface area contributed by atoms with Crippen LogP contribution in [-0.2, 0) is 0 Å². The number of pyridine rings is 1. The molecule has 0 saturated heterocycles. The molecule has 1 amide bonds. The molecule has 0 aliphatic heterocycles. The monoisotopic (exact) mass is 266 g/mol. The normalized spacial score (nSPS) is 27.8. The molecule has 1 N–H and O–H groups in total. The summed E-state index contributed by atoms with van der Waals surface area (Å²) in [6.07, 6.45) is 3.36. The molecule has 2 unspecified atom stereocenters. The van der Waals surface area contributed by atoms with Crippen molar-refractivity contribution in [2.75, 3.05) is 0 Å². The lowest BCUT2D eigenvalue weighted by atomic mass is 9.80. The lowest BCUT2D eigenvalue weighted by molar-refractivity contribution is 0.0906. The van der Waals surface area contributed by atoms with Crippen LogP contribution in [0.15, 0.2) is 18.2 Å². The average Bonchev–Trinajstić information content (AvgIpc) is 2.27. The number of hydrogen-bond acceptors (Lipinski definition) is 2. The zero-order valence-corrected chi connectivity index (χ0v) is 11.6. The van der Waals surface area contributed by atoms with E-state index in [-0.39, 0.29) is 11.9 Å². The van der Waals surface area contributed by atoms with Crippen molar-refractivity contribution in [3.05, 3.63) is 29.0 Å². The number of nitrogens with zero attached hydrogens (tertiary/aromatic N) is 1. The molecule has 1 aromatic heterocycles. The van der Waals surface area contributed by atoms with Crippen LogP contribution in [0.4, 0.5) is 0 Å². The third-order valence-corrected chi connectivity index (χ3v) is 3.67. The van der Waals surface area contributed by atoms with Crippen LogP contribution in [0.3, 0.4) is 0 Å². The molecular weight excluding hydrogens is 248 g/mol. The highest BCUT2D eigenvalue weighted by molar-refractivity contribution is 6.29. The highest BCUT2D eigenvalue weighted by atomic mass is 35.5. The van der Waals surface area contributed by atoms with Gasteiger partial charge >= 0.3 is 0 Å². The second kappa shape index (κ2) is 5.70. The summed E-state index contributed by atoms with van der Waals surface area (Å²) in [4.78, 5) is 16.1. The molecule has 0 spiro atoms. The van der Waals surface area contributed by atoms with E-state index < -0.39 is 0 Å². The fourth-order valence-electron chi connectivity index (χ4n) is 2.86. The number of aromatic nitrogens is 1. The summed E-state index contributed by atoms with van der Waals surface area (Å²) in [6.45, 7) is 4.49. The van der Waals surface area contributed by atoms with Gasteiger partial charge < -0.3 is 5.32 Å². The Morgan fingerprint density at radius 2 is 1.94 bits per heavy atom. The van der Waals surface area contributed by atoms with Gasteiger partial charge in [-0.3, -0.25) is 4.79 Å². The molecule has 18 heavy (non-hydrogen) atoms. The van der Waals surface area contributed by atoms with E-state index in [1.165, 1.54) is 6.42 Å². The van der Waals surface area contributed by atoms with Crippen molar-refractivity contribution < 1.29 is 4.79 Å². The maximum absolute atomic E-state index is 12.0. The van der Waals surface area contributed by atoms with Gasteiger partial charge in [-0.05, 0) is 43.2 Å². The molecule has 1 fully saturated rings. The van der Waals surface area contributed by atoms with Crippen molar-refractivity contribution in [2.24, 2.45) is 11.8 Å². The molecule has 3 nitrogen and oxygen atoms in total. The number of carbonyl (C=O) groups excluding carboxylic acids is 1. The molecule has 0 radical (unpaired) electrons. The smallest absolute Gasteiger partial charge is 0.270 e. The van der Waals surface area contributed by atoms with Crippen LogP contribution in [0.1, 0.15) is 43.6 Å². The predicted molar refractivity (Wildman–Crippen MR) is 72.7 cm³/mol. The summed E-state index contributed by atoms with van der Waals surface area (Å²) < 4.78 is 0. The maximum atomic E-state index is 12.0. The Morgan fingerprint density at radius 3 is 2.56 bits per heavy atom. The fourth-order valence-corrected chi connectivity index (χ4v) is 3.02. The Balaban J connectivity index is 1.99. The number of nitrogens with one attached hydrogen (secondary N) is 1. The van der Waals surface area contributed by atoms with Gasteiger partial charge in [0.15, 0.2) is 0 Å². The van der Waals surface area contributed by atoms with Gasteiger partial charge in [0, 0.05) is 6.04 Å². The lowest BCUT2D eigenvalue weighted by Gasteiger charge is -2.31. The van der Waals surface area contributed by atoms with E-state index in [1.807, 2.05) is 0 Å². The van der Waals surface area contributed by atoms with Crippen LogP contribution in [0.25, 0.3) is 0 Å². The van der Waals surface area contributed by atoms with Crippen LogP contribution in [0, 0.1) is 11.8 Å². The Hall–Kier alpha value is -1.09. The van der Waals surface area contributed by atoms with Gasteiger partial charge in [-0.25, -0.2) is 4.98 Å². The van der Waals surface area contributed by atoms with Crippen molar-refractivity contribution in [1.29, 1.82) is 0 Å². The highest BCUT2D eigenvalue weighted by Crippen LogP contribution is 2.28. The Bertz CT molecular complexity index is 426. The number of hydrogen-bond donors (Lipinski definition) is 1. The van der Waals surface area contributed by atoms with Gasteiger partial charge in [-0.2, -0.15) is 0 Å². The van der Waals surface area contributed by atoms with Gasteiger partial charge in [0.25, 0.3) is 5.91 Å². The first kappa shape index (κ1) is 13.3. The second-order valence-electron chi connectivity index (χ2n) is 5.43. The minimum Gasteiger partial charge on any atom is -0.348 e. The van der Waals surface area contributed by atoms with Crippen LogP contribution < -0.4 is 5.32 Å². The molecule has 1 aliphatic carbocycles. The van der Waals surface area contributed by atoms with E-state index in [2.05, 4.69) is 24.1 Å². The molecule has 2 atom stereocenters. The van der Waals surface area contributed by atoms with Crippen LogP contribution >= 0.6 is 11.6 Å². The maximum Gasteiger partial charge on any atom is 0.270 e. The SMILES string of the molecule is CC1CC(C)CC(NC(=O)c2cccc(Cl)n2)C1. The predicted octanol–water partition coefficient (Wildman–Crippen LogP) is 3.29. The van der Waals surface area contributed by atoms with Crippen LogP contribution in [0.2, 0.25) is 5.15 Å². The van der Waals surface area contributed by atoms with Gasteiger partial charge in [0.2, 0.25) is 0 Å². The molecule has 1 heterocycles. The second-order valence-corrected chi connectivity index (χ2v) is 5.82. The highest BCUT2D eigenvalue weighted by Gasteiger charge is 2.25. The third kappa shape index (κ3) is 3.45. The van der Waals surface area contributed by atoms with Crippen molar-refractivity contribution in [3.63, 3.8) is 0 Å². The van der Waals surface area contributed by atoms with Crippen LogP contribution in [-0.4, -0.2) is 16.9 Å². The molecule has 0 bridgehead atoms. The lowest BCUT2D eigenvalue weighted by Crippen LogP contribution is -2.40. The third-order valence-electron chi connectivity index (χ3n) is 3.46. The van der Waals surface area contributed by atoms with E-state index >= 15 is 0 Å². The molecule has 4 heteroatoms. The van der Waals surface area contributed by atoms with Crippen molar-refractivity contribution in [3.8, 4) is 0 Å². The molecule has 98 valence electrons. The largest absolute Gasteiger partial charge is 0.348 e. The summed E-state index contributed by atoms with van der Waals surface area (Å²) >= 11 is 5.79. The molecule has 1 aliphatic rings. The first-order valence-corrected chi connectivity index (χ1v) is 6.86. The Labute approximate surface area is 113 Å². The van der Waals surface area contributed by atoms with Gasteiger partial charge in [0.1, 0.15) is 10.8 Å². The standard InChI is InChI=1S/C14H19ClN2O/c1-9-6-10(2)8-11(7-9)16-14(18)12-4-3-5-13(15)17-12/h3-5,9-11H,6-8H2,1-2H3,(H,16,18). The summed E-state index contributed by atoms with van der Waals surface area (Å²) in [5.41, 5.74) is 0.397. The first-order valence-electron chi connectivity index (χ1n) is 6.48. The van der Waals surface area contributed by atoms with Crippen molar-refractivity contribution in [2.45, 2.75) is 39.2 Å². The molecule has 1 saturated carbocycles. The fraction of sp³-hybridized carbons (Fsp3) is 0.571. The van der Waals surface area contributed by atoms with E-state index in [4.69, 9.17) is 11.6 Å². The zero-order valence-electron chi connectivity index (χ0n) is 10.8. The topological polar surface area (TPSA) is 42.0 Å². The van der Waals surface area contributed by atoms with Crippen LogP contribution in [0.5, 0.6) is 0 Å². The molecule has 2 rings (SSSR count). The minimum atomic E-state index is -0.121. The summed E-state index contributed by atoms with van der Waals surface area (Å²) in [5, 5.41) is 3.42. The number of amides is 1. The first-order chi connectivity index (χ1) is 8.54. The summed E-state index contributed by atoms with van der Waals surface area (Å²) in [6, 6.07) is 5.37. The number of halogens is 1. The number of carbonyl (C=O) groups is 1. The van der Waals surface area contributed by atoms with E-state index in [0.717, 1.165) is 12.8 Å². The van der Waals surface area contributed by atoms with Gasteiger partial charge in [-0.15, -0.1) is 0 Å². The van der Waals surface area contributed by atoms with Gasteiger partial charge in [-0.1, -0.05) is 31.5 Å². The average molecular weight is 267 g/mol. The van der Waals surface area contributed by atoms with Gasteiger partial charge in [0.05, 0.1) is 0 Å². The molecule has 1 aromatic rings. The Morgan fingerprint density at radius 1 is 1.28 bits per heavy atom. The number of rotatable bonds is 2. The summed E-state index contributed by atoms with van der Waals surface area (Å²) in [5.74, 6) is 1.22. The van der Waals surface area contributed by atoms with Crippen molar-refractivity contribution in [1.82, 2.24) is 10.3 Å². The minimum absolute atomic E-state index is 0.121. The Kier molecular flexibility index (Phi) is 4.23. The zero-order chi connectivity index (χ0) is 13.1. The van der Waals surface area contributed by atoms with E-state index in [9.17, 15) is 4.79 Å². The van der Waals surface area contributed by atoms with Crippen molar-refractivity contribution >= 4 is 17.5 Å². The van der Waals surface area contributed by atoms with E-state index in [1.54, 1.807) is 18.2 Å². The summed E-state index contributed by atoms with van der Waals surface area (Å²) in [7, 11) is 0.